The zero-order valence-corrected chi connectivity index (χ0v) is 18.4. The Morgan fingerprint density at radius 3 is 2.71 bits per heavy atom. The molecule has 0 aliphatic carbocycles. The fourth-order valence-electron chi connectivity index (χ4n) is 4.92. The molecule has 1 aliphatic heterocycles. The summed E-state index contributed by atoms with van der Waals surface area (Å²) in [5.41, 5.74) is 5.01. The smallest absolute Gasteiger partial charge is 0.335 e. The highest BCUT2D eigenvalue weighted by atomic mass is 16.5. The van der Waals surface area contributed by atoms with Crippen molar-refractivity contribution in [2.24, 2.45) is 0 Å². The minimum Gasteiger partial charge on any atom is -0.496 e. The molecule has 1 fully saturated rings. The first kappa shape index (κ1) is 21.4. The predicted octanol–water partition coefficient (Wildman–Crippen LogP) is 3.51. The number of hydrogen-bond donors (Lipinski definition) is 3. The minimum atomic E-state index is -0.897. The number of likely N-dealkylation sites (tertiary alicyclic amines) is 1. The lowest BCUT2D eigenvalue weighted by Gasteiger charge is -2.37. The Morgan fingerprint density at radius 2 is 2.03 bits per heavy atom. The third kappa shape index (κ3) is 4.31. The molecule has 31 heavy (non-hydrogen) atoms. The van der Waals surface area contributed by atoms with Crippen molar-refractivity contribution in [2.75, 3.05) is 20.3 Å². The van der Waals surface area contributed by atoms with E-state index in [2.05, 4.69) is 24.0 Å². The van der Waals surface area contributed by atoms with E-state index in [-0.39, 0.29) is 12.1 Å². The van der Waals surface area contributed by atoms with Crippen molar-refractivity contribution in [1.82, 2.24) is 4.98 Å². The number of hydrogen-bond acceptors (Lipinski definition) is 3. The molecule has 0 bridgehead atoms. The SMILES string of the molecule is CCO[C@H]1CC[NH+](Cc2c(OC)cc(C)c3[nH]ccc23)[C@H](c2ccc(C(=O)O)cc2)C1. The third-order valence-electron chi connectivity index (χ3n) is 6.48. The van der Waals surface area contributed by atoms with Gasteiger partial charge >= 0.3 is 5.97 Å². The van der Waals surface area contributed by atoms with Gasteiger partial charge in [0.2, 0.25) is 0 Å². The molecule has 1 aliphatic rings. The molecule has 1 saturated heterocycles. The molecule has 164 valence electrons. The highest BCUT2D eigenvalue weighted by Gasteiger charge is 2.34. The van der Waals surface area contributed by atoms with Crippen molar-refractivity contribution in [2.45, 2.75) is 45.4 Å². The van der Waals surface area contributed by atoms with E-state index >= 15 is 0 Å². The molecule has 6 heteroatoms. The normalized spacial score (nSPS) is 21.3. The largest absolute Gasteiger partial charge is 0.496 e. The summed E-state index contributed by atoms with van der Waals surface area (Å²) in [7, 11) is 1.73. The van der Waals surface area contributed by atoms with E-state index in [9.17, 15) is 9.90 Å². The van der Waals surface area contributed by atoms with Crippen LogP contribution in [0, 0.1) is 6.92 Å². The number of aryl methyl sites for hydroxylation is 1. The number of quaternary nitrogens is 1. The van der Waals surface area contributed by atoms with E-state index in [1.807, 2.05) is 25.3 Å². The molecule has 6 nitrogen and oxygen atoms in total. The van der Waals surface area contributed by atoms with Crippen LogP contribution in [0.2, 0.25) is 0 Å². The molecule has 0 amide bonds. The second-order valence-corrected chi connectivity index (χ2v) is 8.31. The maximum atomic E-state index is 11.3. The molecule has 1 aromatic heterocycles. The van der Waals surface area contributed by atoms with Crippen LogP contribution in [0.5, 0.6) is 5.75 Å². The summed E-state index contributed by atoms with van der Waals surface area (Å²) in [4.78, 5) is 16.1. The summed E-state index contributed by atoms with van der Waals surface area (Å²) in [6.45, 7) is 6.66. The lowest BCUT2D eigenvalue weighted by Crippen LogP contribution is -3.12. The number of fused-ring (bicyclic) bond motifs is 1. The van der Waals surface area contributed by atoms with Gasteiger partial charge in [-0.1, -0.05) is 12.1 Å². The van der Waals surface area contributed by atoms with Crippen molar-refractivity contribution in [3.63, 3.8) is 0 Å². The topological polar surface area (TPSA) is 76.0 Å². The molecular formula is C25H31N2O4+. The maximum absolute atomic E-state index is 11.3. The van der Waals surface area contributed by atoms with Crippen molar-refractivity contribution in [1.29, 1.82) is 0 Å². The van der Waals surface area contributed by atoms with Gasteiger partial charge in [0.15, 0.2) is 0 Å². The molecule has 3 atom stereocenters. The van der Waals surface area contributed by atoms with Crippen LogP contribution >= 0.6 is 0 Å². The monoisotopic (exact) mass is 423 g/mol. The van der Waals surface area contributed by atoms with Crippen LogP contribution in [0.3, 0.4) is 0 Å². The summed E-state index contributed by atoms with van der Waals surface area (Å²) in [6, 6.07) is 11.8. The van der Waals surface area contributed by atoms with Gasteiger partial charge in [0.1, 0.15) is 18.3 Å². The Morgan fingerprint density at radius 1 is 1.26 bits per heavy atom. The second kappa shape index (κ2) is 9.12. The van der Waals surface area contributed by atoms with Crippen molar-refractivity contribution >= 4 is 16.9 Å². The first-order valence-corrected chi connectivity index (χ1v) is 10.9. The molecule has 2 heterocycles. The van der Waals surface area contributed by atoms with E-state index in [0.29, 0.717) is 12.2 Å². The number of carbonyl (C=O) groups is 1. The quantitative estimate of drug-likeness (QED) is 0.544. The number of aromatic amines is 1. The fourth-order valence-corrected chi connectivity index (χ4v) is 4.92. The van der Waals surface area contributed by atoms with E-state index in [4.69, 9.17) is 9.47 Å². The fraction of sp³-hybridized carbons (Fsp3) is 0.400. The summed E-state index contributed by atoms with van der Waals surface area (Å²) in [6.07, 6.45) is 4.14. The number of aromatic nitrogens is 1. The van der Waals surface area contributed by atoms with Gasteiger partial charge in [-0.2, -0.15) is 0 Å². The lowest BCUT2D eigenvalue weighted by molar-refractivity contribution is -0.951. The highest BCUT2D eigenvalue weighted by molar-refractivity contribution is 5.88. The van der Waals surface area contributed by atoms with E-state index in [1.54, 1.807) is 19.2 Å². The molecule has 4 rings (SSSR count). The number of aromatic carboxylic acids is 1. The van der Waals surface area contributed by atoms with Gasteiger partial charge in [0, 0.05) is 42.1 Å². The highest BCUT2D eigenvalue weighted by Crippen LogP contribution is 2.31. The number of carboxylic acids is 1. The molecule has 0 radical (unpaired) electrons. The van der Waals surface area contributed by atoms with Gasteiger partial charge in [-0.25, -0.2) is 4.79 Å². The first-order chi connectivity index (χ1) is 15.0. The average molecular weight is 424 g/mol. The van der Waals surface area contributed by atoms with Crippen LogP contribution in [0.1, 0.15) is 52.9 Å². The van der Waals surface area contributed by atoms with Crippen molar-refractivity contribution in [3.05, 3.63) is 64.8 Å². The van der Waals surface area contributed by atoms with Gasteiger partial charge < -0.3 is 24.5 Å². The number of H-pyrrole nitrogens is 1. The van der Waals surface area contributed by atoms with Gasteiger partial charge in [0.25, 0.3) is 0 Å². The first-order valence-electron chi connectivity index (χ1n) is 10.9. The zero-order valence-electron chi connectivity index (χ0n) is 18.4. The zero-order chi connectivity index (χ0) is 22.0. The number of benzene rings is 2. The maximum Gasteiger partial charge on any atom is 0.335 e. The van der Waals surface area contributed by atoms with Crippen molar-refractivity contribution < 1.29 is 24.3 Å². The average Bonchev–Trinajstić information content (AvgIpc) is 3.27. The Hall–Kier alpha value is -2.83. The summed E-state index contributed by atoms with van der Waals surface area (Å²) in [5, 5.41) is 10.5. The Kier molecular flexibility index (Phi) is 6.30. The van der Waals surface area contributed by atoms with E-state index < -0.39 is 5.97 Å². The Labute approximate surface area is 182 Å². The minimum absolute atomic E-state index is 0.227. The third-order valence-corrected chi connectivity index (χ3v) is 6.48. The number of ether oxygens (including phenoxy) is 2. The molecule has 2 aromatic carbocycles. The van der Waals surface area contributed by atoms with Crippen LogP contribution < -0.4 is 9.64 Å². The number of methoxy groups -OCH3 is 1. The van der Waals surface area contributed by atoms with Crippen LogP contribution in [0.25, 0.3) is 10.9 Å². The molecule has 3 N–H and O–H groups in total. The van der Waals surface area contributed by atoms with Crippen molar-refractivity contribution in [3.8, 4) is 5.75 Å². The van der Waals surface area contributed by atoms with E-state index in [1.165, 1.54) is 21.4 Å². The van der Waals surface area contributed by atoms with Gasteiger partial charge in [-0.15, -0.1) is 0 Å². The molecule has 1 unspecified atom stereocenters. The van der Waals surface area contributed by atoms with Gasteiger partial charge in [0.05, 0.1) is 30.9 Å². The van der Waals surface area contributed by atoms with Crippen LogP contribution in [0.4, 0.5) is 0 Å². The summed E-state index contributed by atoms with van der Waals surface area (Å²) >= 11 is 0. The van der Waals surface area contributed by atoms with Crippen LogP contribution in [0.15, 0.2) is 42.6 Å². The molecular weight excluding hydrogens is 392 g/mol. The molecule has 3 aromatic rings. The van der Waals surface area contributed by atoms with Crippen LogP contribution in [-0.4, -0.2) is 42.4 Å². The van der Waals surface area contributed by atoms with Crippen LogP contribution in [-0.2, 0) is 11.3 Å². The number of piperidine rings is 1. The summed E-state index contributed by atoms with van der Waals surface area (Å²) in [5.74, 6) is 0.0230. The Bertz CT molecular complexity index is 1060. The van der Waals surface area contributed by atoms with E-state index in [0.717, 1.165) is 42.8 Å². The van der Waals surface area contributed by atoms with Gasteiger partial charge in [-0.05, 0) is 43.7 Å². The standard InChI is InChI=1S/C25H30N2O4/c1-4-31-19-10-12-27(22(14-19)17-5-7-18(8-6-17)25(28)29)15-21-20-9-11-26-24(20)16(2)13-23(21)30-3/h5-9,11,13,19,22,26H,4,10,12,14-15H2,1-3H3,(H,28,29)/p+1/t19-,22-/m0/s1. The second-order valence-electron chi connectivity index (χ2n) is 8.31. The number of nitrogens with one attached hydrogen (secondary N) is 2. The number of carboxylic acid groups (broad SMARTS) is 1. The number of rotatable bonds is 7. The Balaban J connectivity index is 1.69. The molecule has 0 spiro atoms. The summed E-state index contributed by atoms with van der Waals surface area (Å²) < 4.78 is 11.7. The van der Waals surface area contributed by atoms with Gasteiger partial charge in [-0.3, -0.25) is 0 Å². The lowest BCUT2D eigenvalue weighted by atomic mass is 9.91. The molecule has 0 saturated carbocycles. The predicted molar refractivity (Wildman–Crippen MR) is 120 cm³/mol.